The third kappa shape index (κ3) is 3.00. The Hall–Kier alpha value is -2.00. The maximum atomic E-state index is 14.7. The molecule has 7 unspecified atom stereocenters. The van der Waals surface area contributed by atoms with E-state index in [0.717, 1.165) is 11.1 Å². The van der Waals surface area contributed by atoms with Crippen molar-refractivity contribution in [2.75, 3.05) is 14.1 Å². The Morgan fingerprint density at radius 1 is 1.14 bits per heavy atom. The monoisotopic (exact) mass is 488 g/mol. The van der Waals surface area contributed by atoms with E-state index in [1.54, 1.807) is 18.5 Å². The van der Waals surface area contributed by atoms with E-state index in [1.807, 2.05) is 38.1 Å². The molecule has 35 heavy (non-hydrogen) atoms. The predicted molar refractivity (Wildman–Crippen MR) is 124 cm³/mol. The van der Waals surface area contributed by atoms with Crippen LogP contribution in [0.3, 0.4) is 0 Å². The van der Waals surface area contributed by atoms with Gasteiger partial charge in [-0.1, -0.05) is 19.1 Å². The summed E-state index contributed by atoms with van der Waals surface area (Å²) in [6.45, 7) is 1.95. The van der Waals surface area contributed by atoms with Crippen molar-refractivity contribution >= 4 is 5.57 Å². The number of pyridine rings is 1. The number of alkyl halides is 3. The van der Waals surface area contributed by atoms with E-state index >= 15 is 0 Å². The summed E-state index contributed by atoms with van der Waals surface area (Å²) in [5, 5.41) is 21.9. The van der Waals surface area contributed by atoms with Crippen molar-refractivity contribution in [1.82, 2.24) is 9.88 Å². The second-order valence-electron chi connectivity index (χ2n) is 11.4. The van der Waals surface area contributed by atoms with Crippen molar-refractivity contribution in [3.8, 4) is 0 Å². The lowest BCUT2D eigenvalue weighted by molar-refractivity contribution is -0.170. The molecule has 1 aromatic heterocycles. The molecule has 2 spiro atoms. The maximum Gasteiger partial charge on any atom is 0.413 e. The fourth-order valence-corrected chi connectivity index (χ4v) is 7.91. The number of aliphatic hydroxyl groups is 2. The summed E-state index contributed by atoms with van der Waals surface area (Å²) >= 11 is 0. The molecule has 5 aliphatic rings. The molecule has 1 saturated heterocycles. The summed E-state index contributed by atoms with van der Waals surface area (Å²) in [6.07, 6.45) is 2.01. The molecule has 7 atom stereocenters. The molecule has 2 N–H and O–H groups in total. The number of fused-ring (bicyclic) bond motifs is 1. The fraction of sp³-hybridized carbons (Fsp3) is 0.593. The van der Waals surface area contributed by atoms with Gasteiger partial charge in [0.25, 0.3) is 0 Å². The molecule has 5 nitrogen and oxygen atoms in total. The van der Waals surface area contributed by atoms with Crippen LogP contribution in [0.2, 0.25) is 0 Å². The van der Waals surface area contributed by atoms with E-state index in [-0.39, 0.29) is 24.0 Å². The van der Waals surface area contributed by atoms with Gasteiger partial charge in [-0.25, -0.2) is 0 Å². The van der Waals surface area contributed by atoms with Crippen LogP contribution in [0.4, 0.5) is 13.2 Å². The van der Waals surface area contributed by atoms with Crippen LogP contribution in [0.15, 0.2) is 53.4 Å². The van der Waals surface area contributed by atoms with Crippen LogP contribution in [0.1, 0.15) is 44.6 Å². The van der Waals surface area contributed by atoms with Crippen molar-refractivity contribution in [2.24, 2.45) is 11.3 Å². The number of aliphatic hydroxyl groups excluding tert-OH is 2. The van der Waals surface area contributed by atoms with Crippen molar-refractivity contribution in [1.29, 1.82) is 0 Å². The Balaban J connectivity index is 1.54. The van der Waals surface area contributed by atoms with Crippen molar-refractivity contribution in [3.05, 3.63) is 59.0 Å². The molecule has 2 fully saturated rings. The van der Waals surface area contributed by atoms with Crippen molar-refractivity contribution in [2.45, 2.75) is 74.7 Å². The highest BCUT2D eigenvalue weighted by Crippen LogP contribution is 2.70. The number of ether oxygens (including phenoxy) is 1. The summed E-state index contributed by atoms with van der Waals surface area (Å²) in [7, 11) is 3.68. The lowest BCUT2D eigenvalue weighted by atomic mass is 9.56. The summed E-state index contributed by atoms with van der Waals surface area (Å²) in [5.41, 5.74) is -0.888. The van der Waals surface area contributed by atoms with Crippen LogP contribution in [0.25, 0.3) is 5.57 Å². The molecule has 188 valence electrons. The quantitative estimate of drug-likeness (QED) is 0.658. The molecule has 0 amide bonds. The number of nitrogens with zero attached hydrogens (tertiary/aromatic N) is 2. The molecular weight excluding hydrogens is 457 g/mol. The van der Waals surface area contributed by atoms with Crippen LogP contribution in [0.5, 0.6) is 0 Å². The SMILES string of the molecule is CN(C)C1CC23CCC4(O2)C(=C(C(F)(F)F)CC2(C)C(c5ccncc5)=CCC24)C=C3C(O)C1O. The van der Waals surface area contributed by atoms with Gasteiger partial charge in [0.15, 0.2) is 0 Å². The van der Waals surface area contributed by atoms with E-state index in [1.165, 1.54) is 0 Å². The number of hydrogen-bond donors (Lipinski definition) is 2. The molecule has 0 aromatic carbocycles. The van der Waals surface area contributed by atoms with Gasteiger partial charge >= 0.3 is 6.18 Å². The molecule has 1 saturated carbocycles. The van der Waals surface area contributed by atoms with Gasteiger partial charge in [-0.05, 0) is 80.6 Å². The molecule has 3 heterocycles. The van der Waals surface area contributed by atoms with Gasteiger partial charge in [-0.15, -0.1) is 0 Å². The van der Waals surface area contributed by atoms with Gasteiger partial charge in [0.2, 0.25) is 0 Å². The zero-order valence-electron chi connectivity index (χ0n) is 20.1. The molecule has 0 radical (unpaired) electrons. The Bertz CT molecular complexity index is 1160. The minimum Gasteiger partial charge on any atom is -0.388 e. The summed E-state index contributed by atoms with van der Waals surface area (Å²) in [5.74, 6) is -0.154. The fourth-order valence-electron chi connectivity index (χ4n) is 7.91. The number of halogens is 3. The maximum absolute atomic E-state index is 14.7. The second-order valence-corrected chi connectivity index (χ2v) is 11.4. The van der Waals surface area contributed by atoms with Crippen LogP contribution < -0.4 is 0 Å². The molecule has 6 rings (SSSR count). The van der Waals surface area contributed by atoms with Crippen molar-refractivity contribution in [3.63, 3.8) is 0 Å². The van der Waals surface area contributed by atoms with E-state index in [9.17, 15) is 23.4 Å². The first-order valence-electron chi connectivity index (χ1n) is 12.3. The topological polar surface area (TPSA) is 65.8 Å². The number of hydrogen-bond acceptors (Lipinski definition) is 5. The molecule has 8 heteroatoms. The van der Waals surface area contributed by atoms with Crippen LogP contribution >= 0.6 is 0 Å². The zero-order chi connectivity index (χ0) is 25.0. The number of allylic oxidation sites excluding steroid dienone is 3. The minimum atomic E-state index is -4.53. The minimum absolute atomic E-state index is 0.147. The zero-order valence-corrected chi connectivity index (χ0v) is 20.1. The van der Waals surface area contributed by atoms with Gasteiger partial charge < -0.3 is 19.8 Å². The Morgan fingerprint density at radius 3 is 2.51 bits per heavy atom. The molecule has 2 aliphatic heterocycles. The third-order valence-electron chi connectivity index (χ3n) is 9.51. The molecule has 1 aromatic rings. The molecule has 3 aliphatic carbocycles. The first-order chi connectivity index (χ1) is 16.4. The summed E-state index contributed by atoms with van der Waals surface area (Å²) in [6, 6.07) is 3.37. The Morgan fingerprint density at radius 2 is 1.86 bits per heavy atom. The average molecular weight is 489 g/mol. The van der Waals surface area contributed by atoms with Gasteiger partial charge in [0.1, 0.15) is 6.10 Å². The second kappa shape index (κ2) is 7.28. The largest absolute Gasteiger partial charge is 0.413 e. The number of likely N-dealkylation sites (N-methyl/N-ethyl adjacent to an activating group) is 1. The highest BCUT2D eigenvalue weighted by atomic mass is 19.4. The van der Waals surface area contributed by atoms with Gasteiger partial charge in [0, 0.05) is 35.3 Å². The highest BCUT2D eigenvalue weighted by Gasteiger charge is 2.69. The number of rotatable bonds is 2. The van der Waals surface area contributed by atoms with E-state index in [4.69, 9.17) is 4.74 Å². The lowest BCUT2D eigenvalue weighted by Gasteiger charge is -2.57. The third-order valence-corrected chi connectivity index (χ3v) is 9.51. The van der Waals surface area contributed by atoms with Crippen LogP contribution in [-0.4, -0.2) is 69.8 Å². The standard InChI is InChI=1S/C27H31F3N2O3/c1-24-13-19(27(28,29)30)17-12-18-22(33)23(34)20(32(2)3)14-25(18)8-9-26(17,35-25)21(24)5-4-16(24)15-6-10-31-11-7-15/h4,6-7,10-12,20-23,33-34H,5,8-9,13-14H2,1-3H3. The average Bonchev–Trinajstić information content (AvgIpc) is 3.31. The predicted octanol–water partition coefficient (Wildman–Crippen LogP) is 4.04. The molecular formula is C27H31F3N2O3. The smallest absolute Gasteiger partial charge is 0.388 e. The summed E-state index contributed by atoms with van der Waals surface area (Å²) < 4.78 is 50.9. The summed E-state index contributed by atoms with van der Waals surface area (Å²) in [4.78, 5) is 5.95. The van der Waals surface area contributed by atoms with Gasteiger partial charge in [-0.2, -0.15) is 13.2 Å². The van der Waals surface area contributed by atoms with E-state index in [2.05, 4.69) is 11.1 Å². The molecule has 2 bridgehead atoms. The van der Waals surface area contributed by atoms with E-state index in [0.29, 0.717) is 31.3 Å². The Labute approximate surface area is 203 Å². The van der Waals surface area contributed by atoms with Gasteiger partial charge in [0.05, 0.1) is 17.3 Å². The number of aromatic nitrogens is 1. The van der Waals surface area contributed by atoms with Gasteiger partial charge in [-0.3, -0.25) is 4.98 Å². The lowest BCUT2D eigenvalue weighted by Crippen LogP contribution is -2.62. The normalized spacial score (nSPS) is 42.4. The van der Waals surface area contributed by atoms with Crippen molar-refractivity contribution < 1.29 is 28.1 Å². The first-order valence-corrected chi connectivity index (χ1v) is 12.3. The van der Waals surface area contributed by atoms with Crippen LogP contribution in [0, 0.1) is 11.3 Å². The van der Waals surface area contributed by atoms with Crippen LogP contribution in [-0.2, 0) is 4.74 Å². The van der Waals surface area contributed by atoms with E-state index < -0.39 is 40.6 Å². The Kier molecular flexibility index (Phi) is 4.87. The highest BCUT2D eigenvalue weighted by molar-refractivity contribution is 5.75. The first kappa shape index (κ1) is 23.4.